The van der Waals surface area contributed by atoms with Gasteiger partial charge in [0.05, 0.1) is 0 Å². The Morgan fingerprint density at radius 1 is 0.818 bits per heavy atom. The standard InChI is InChI=1S/C20H28NSi/c1-4-21(5-2)16-9-17-22(19-10-7-6-8-11-19)20-14-12-18(3)13-15-20/h6-8,10-15H,4-5,9,16-17H2,1-3H3. The van der Waals surface area contributed by atoms with Crippen LogP contribution in [0, 0.1) is 6.92 Å². The van der Waals surface area contributed by atoms with Gasteiger partial charge in [-0.25, -0.2) is 0 Å². The van der Waals surface area contributed by atoms with Crippen LogP contribution in [0.5, 0.6) is 0 Å². The maximum atomic E-state index is 2.53. The number of hydrogen-bond acceptors (Lipinski definition) is 1. The summed E-state index contributed by atoms with van der Waals surface area (Å²) in [6.07, 6.45) is 1.29. The van der Waals surface area contributed by atoms with Gasteiger partial charge in [0.15, 0.2) is 0 Å². The molecule has 2 aromatic rings. The van der Waals surface area contributed by atoms with Crippen LogP contribution >= 0.6 is 0 Å². The third-order valence-corrected chi connectivity index (χ3v) is 7.23. The van der Waals surface area contributed by atoms with Gasteiger partial charge in [-0.05, 0) is 39.0 Å². The first-order chi connectivity index (χ1) is 10.7. The van der Waals surface area contributed by atoms with Gasteiger partial charge in [0.2, 0.25) is 0 Å². The van der Waals surface area contributed by atoms with Gasteiger partial charge in [0.1, 0.15) is 8.80 Å². The van der Waals surface area contributed by atoms with Crippen molar-refractivity contribution >= 4 is 19.2 Å². The molecule has 117 valence electrons. The molecule has 0 fully saturated rings. The van der Waals surface area contributed by atoms with Crippen LogP contribution in [0.3, 0.4) is 0 Å². The Balaban J connectivity index is 2.10. The lowest BCUT2D eigenvalue weighted by molar-refractivity contribution is 0.304. The van der Waals surface area contributed by atoms with E-state index in [9.17, 15) is 0 Å². The summed E-state index contributed by atoms with van der Waals surface area (Å²) in [5, 5.41) is 3.08. The minimum absolute atomic E-state index is 0.655. The first-order valence-electron chi connectivity index (χ1n) is 8.45. The van der Waals surface area contributed by atoms with Crippen LogP contribution in [0.2, 0.25) is 6.04 Å². The molecule has 1 radical (unpaired) electrons. The third kappa shape index (κ3) is 4.82. The van der Waals surface area contributed by atoms with Crippen molar-refractivity contribution in [2.75, 3.05) is 19.6 Å². The van der Waals surface area contributed by atoms with Crippen LogP contribution < -0.4 is 10.4 Å². The molecule has 2 heteroatoms. The van der Waals surface area contributed by atoms with Crippen molar-refractivity contribution in [1.29, 1.82) is 0 Å². The third-order valence-electron chi connectivity index (χ3n) is 4.32. The van der Waals surface area contributed by atoms with Gasteiger partial charge in [-0.3, -0.25) is 0 Å². The molecule has 0 spiro atoms. The minimum Gasteiger partial charge on any atom is -0.304 e. The molecule has 0 aromatic heterocycles. The average molecular weight is 311 g/mol. The van der Waals surface area contributed by atoms with Crippen LogP contribution in [-0.4, -0.2) is 33.3 Å². The van der Waals surface area contributed by atoms with E-state index in [0.29, 0.717) is 0 Å². The van der Waals surface area contributed by atoms with Gasteiger partial charge in [0.25, 0.3) is 0 Å². The fourth-order valence-corrected chi connectivity index (χ4v) is 5.45. The average Bonchev–Trinajstić information content (AvgIpc) is 2.57. The van der Waals surface area contributed by atoms with E-state index >= 15 is 0 Å². The summed E-state index contributed by atoms with van der Waals surface area (Å²) in [6, 6.07) is 21.6. The van der Waals surface area contributed by atoms with Gasteiger partial charge in [0, 0.05) is 0 Å². The monoisotopic (exact) mass is 310 g/mol. The van der Waals surface area contributed by atoms with E-state index in [0.717, 1.165) is 13.1 Å². The fourth-order valence-electron chi connectivity index (χ4n) is 2.87. The smallest absolute Gasteiger partial charge is 0.121 e. The predicted octanol–water partition coefficient (Wildman–Crippen LogP) is 3.34. The van der Waals surface area contributed by atoms with E-state index in [1.807, 2.05) is 0 Å². The lowest BCUT2D eigenvalue weighted by Crippen LogP contribution is -2.42. The normalized spacial score (nSPS) is 11.3. The Morgan fingerprint density at radius 2 is 1.41 bits per heavy atom. The number of benzene rings is 2. The second-order valence-corrected chi connectivity index (χ2v) is 8.45. The molecule has 2 rings (SSSR count). The predicted molar refractivity (Wildman–Crippen MR) is 99.9 cm³/mol. The van der Waals surface area contributed by atoms with Gasteiger partial charge < -0.3 is 4.90 Å². The van der Waals surface area contributed by atoms with Crippen LogP contribution in [0.1, 0.15) is 25.8 Å². The lowest BCUT2D eigenvalue weighted by atomic mass is 10.2. The van der Waals surface area contributed by atoms with Crippen molar-refractivity contribution in [3.05, 3.63) is 60.2 Å². The maximum Gasteiger partial charge on any atom is 0.121 e. The van der Waals surface area contributed by atoms with Crippen LogP contribution in [0.15, 0.2) is 54.6 Å². The van der Waals surface area contributed by atoms with Gasteiger partial charge >= 0.3 is 0 Å². The van der Waals surface area contributed by atoms with Crippen LogP contribution in [0.4, 0.5) is 0 Å². The molecular weight excluding hydrogens is 282 g/mol. The first-order valence-corrected chi connectivity index (χ1v) is 10.2. The quantitative estimate of drug-likeness (QED) is 0.676. The summed E-state index contributed by atoms with van der Waals surface area (Å²) in [5.41, 5.74) is 1.35. The zero-order chi connectivity index (χ0) is 15.8. The van der Waals surface area contributed by atoms with E-state index in [2.05, 4.69) is 80.3 Å². The Bertz CT molecular complexity index is 531. The molecule has 0 atom stereocenters. The van der Waals surface area contributed by atoms with E-state index in [1.54, 1.807) is 5.19 Å². The van der Waals surface area contributed by atoms with Crippen molar-refractivity contribution in [3.63, 3.8) is 0 Å². The Kier molecular flexibility index (Phi) is 6.88. The number of aryl methyl sites for hydroxylation is 1. The van der Waals surface area contributed by atoms with Crippen molar-refractivity contribution < 1.29 is 0 Å². The Hall–Kier alpha value is -1.38. The summed E-state index contributed by atoms with van der Waals surface area (Å²) in [4.78, 5) is 2.53. The molecule has 2 aromatic carbocycles. The molecule has 0 heterocycles. The van der Waals surface area contributed by atoms with Gasteiger partial charge in [-0.2, -0.15) is 0 Å². The Morgan fingerprint density at radius 3 is 2.00 bits per heavy atom. The highest BCUT2D eigenvalue weighted by Gasteiger charge is 2.16. The zero-order valence-electron chi connectivity index (χ0n) is 14.2. The molecule has 22 heavy (non-hydrogen) atoms. The Labute approximate surface area is 137 Å². The number of rotatable bonds is 8. The summed E-state index contributed by atoms with van der Waals surface area (Å²) >= 11 is 0. The summed E-state index contributed by atoms with van der Waals surface area (Å²) in [5.74, 6) is 0. The molecule has 0 unspecified atom stereocenters. The molecule has 0 aliphatic rings. The highest BCUT2D eigenvalue weighted by molar-refractivity contribution is 6.85. The van der Waals surface area contributed by atoms with Crippen LogP contribution in [0.25, 0.3) is 0 Å². The molecule has 0 saturated heterocycles. The number of nitrogens with zero attached hydrogens (tertiary/aromatic N) is 1. The maximum absolute atomic E-state index is 2.53. The SMILES string of the molecule is CCN(CC)CCC[Si](c1ccccc1)c1ccc(C)cc1. The molecule has 0 bridgehead atoms. The molecule has 0 aliphatic carbocycles. The van der Waals surface area contributed by atoms with E-state index < -0.39 is 8.80 Å². The van der Waals surface area contributed by atoms with Crippen molar-refractivity contribution in [1.82, 2.24) is 4.90 Å². The summed E-state index contributed by atoms with van der Waals surface area (Å²) in [6.45, 7) is 10.2. The highest BCUT2D eigenvalue weighted by atomic mass is 28.3. The second-order valence-electron chi connectivity index (χ2n) is 5.84. The molecule has 0 aliphatic heterocycles. The molecular formula is C20H28NSi. The summed E-state index contributed by atoms with van der Waals surface area (Å²) in [7, 11) is -0.655. The molecule has 1 nitrogen and oxygen atoms in total. The van der Waals surface area contributed by atoms with Crippen molar-refractivity contribution in [2.24, 2.45) is 0 Å². The van der Waals surface area contributed by atoms with E-state index in [-0.39, 0.29) is 0 Å². The van der Waals surface area contributed by atoms with Gasteiger partial charge in [-0.1, -0.05) is 84.4 Å². The largest absolute Gasteiger partial charge is 0.304 e. The summed E-state index contributed by atoms with van der Waals surface area (Å²) < 4.78 is 0. The van der Waals surface area contributed by atoms with Crippen molar-refractivity contribution in [2.45, 2.75) is 33.2 Å². The zero-order valence-corrected chi connectivity index (χ0v) is 15.2. The van der Waals surface area contributed by atoms with Crippen molar-refractivity contribution in [3.8, 4) is 0 Å². The minimum atomic E-state index is -0.655. The van der Waals surface area contributed by atoms with Gasteiger partial charge in [-0.15, -0.1) is 0 Å². The van der Waals surface area contributed by atoms with E-state index in [1.165, 1.54) is 29.8 Å². The molecule has 0 amide bonds. The highest BCUT2D eigenvalue weighted by Crippen LogP contribution is 2.04. The number of hydrogen-bond donors (Lipinski definition) is 0. The van der Waals surface area contributed by atoms with E-state index in [4.69, 9.17) is 0 Å². The topological polar surface area (TPSA) is 3.24 Å². The fraction of sp³-hybridized carbons (Fsp3) is 0.400. The molecule has 0 saturated carbocycles. The lowest BCUT2D eigenvalue weighted by Gasteiger charge is -2.20. The molecule has 0 N–H and O–H groups in total. The second kappa shape index (κ2) is 8.91. The van der Waals surface area contributed by atoms with Crippen LogP contribution in [-0.2, 0) is 0 Å². The first kappa shape index (κ1) is 17.0.